The Morgan fingerprint density at radius 1 is 0.780 bits per heavy atom. The number of hydrogen-bond acceptors (Lipinski definition) is 5. The van der Waals surface area contributed by atoms with E-state index in [0.717, 1.165) is 27.9 Å². The van der Waals surface area contributed by atoms with E-state index < -0.39 is 0 Å². The minimum absolute atomic E-state index is 0.0859. The third-order valence-corrected chi connectivity index (χ3v) is 6.91. The third kappa shape index (κ3) is 6.33. The van der Waals surface area contributed by atoms with Gasteiger partial charge in [-0.2, -0.15) is 0 Å². The first-order valence-corrected chi connectivity index (χ1v) is 13.7. The Labute approximate surface area is 239 Å². The summed E-state index contributed by atoms with van der Waals surface area (Å²) in [5.74, 6) is 1.29. The number of anilines is 1. The average Bonchev–Trinajstić information content (AvgIpc) is 2.98. The molecule has 0 aliphatic rings. The maximum atomic E-state index is 13.1. The van der Waals surface area contributed by atoms with Crippen LogP contribution in [0.2, 0.25) is 0 Å². The van der Waals surface area contributed by atoms with E-state index in [9.17, 15) is 9.59 Å². The molecule has 1 N–H and O–H groups in total. The average molecular weight is 548 g/mol. The molecular weight excluding hydrogens is 514 g/mol. The number of nitrogens with one attached hydrogen (secondary N) is 1. The molecule has 1 heterocycles. The highest BCUT2D eigenvalue weighted by molar-refractivity contribution is 5.94. The van der Waals surface area contributed by atoms with Gasteiger partial charge < -0.3 is 19.2 Å². The zero-order chi connectivity index (χ0) is 28.9. The van der Waals surface area contributed by atoms with Crippen LogP contribution in [0.5, 0.6) is 17.2 Å². The molecule has 0 unspecified atom stereocenters. The zero-order valence-corrected chi connectivity index (χ0v) is 23.6. The number of rotatable bonds is 9. The van der Waals surface area contributed by atoms with Crippen LogP contribution in [0.4, 0.5) is 5.69 Å². The van der Waals surface area contributed by atoms with Gasteiger partial charge in [-0.1, -0.05) is 88.4 Å². The number of benzene rings is 4. The number of para-hydroxylation sites is 1. The van der Waals surface area contributed by atoms with Crippen molar-refractivity contribution in [2.24, 2.45) is 0 Å². The number of carbonyl (C=O) groups excluding carboxylic acids is 1. The van der Waals surface area contributed by atoms with Crippen molar-refractivity contribution in [2.75, 3.05) is 11.9 Å². The first-order valence-electron chi connectivity index (χ1n) is 13.7. The Kier molecular flexibility index (Phi) is 8.20. The molecule has 6 heteroatoms. The monoisotopic (exact) mass is 547 g/mol. The second kappa shape index (κ2) is 12.1. The Bertz CT molecular complexity index is 1690. The standard InChI is InChI=1S/C35H33NO5/c1-22(2)28-11-8-12-29(23(3)4)34(28)36-33(37)21-39-27-17-18-30-31(19-27)40-20-32(35(30)38)41-26-15-13-25(14-16-26)24-9-6-5-7-10-24/h5-20,22-23H,21H2,1-4H3,(H,36,37). The van der Waals surface area contributed by atoms with E-state index in [4.69, 9.17) is 13.9 Å². The van der Waals surface area contributed by atoms with Crippen LogP contribution in [0, 0.1) is 0 Å². The molecule has 0 aliphatic carbocycles. The number of fused-ring (bicyclic) bond motifs is 1. The zero-order valence-electron chi connectivity index (χ0n) is 23.6. The van der Waals surface area contributed by atoms with Crippen molar-refractivity contribution in [1.29, 1.82) is 0 Å². The van der Waals surface area contributed by atoms with Crippen molar-refractivity contribution in [3.8, 4) is 28.4 Å². The first kappa shape index (κ1) is 27.7. The van der Waals surface area contributed by atoms with Crippen LogP contribution in [-0.2, 0) is 4.79 Å². The second-order valence-corrected chi connectivity index (χ2v) is 10.5. The van der Waals surface area contributed by atoms with Crippen molar-refractivity contribution in [3.63, 3.8) is 0 Å². The van der Waals surface area contributed by atoms with E-state index in [1.165, 1.54) is 6.26 Å². The van der Waals surface area contributed by atoms with Crippen molar-refractivity contribution in [3.05, 3.63) is 119 Å². The van der Waals surface area contributed by atoms with Gasteiger partial charge in [-0.25, -0.2) is 0 Å². The minimum atomic E-state index is -0.297. The molecule has 1 aromatic heterocycles. The molecule has 0 aliphatic heterocycles. The van der Waals surface area contributed by atoms with Crippen LogP contribution in [0.1, 0.15) is 50.7 Å². The SMILES string of the molecule is CC(C)c1cccc(C(C)C)c1NC(=O)COc1ccc2c(=O)c(Oc3ccc(-c4ccccc4)cc3)coc2c1. The van der Waals surface area contributed by atoms with Crippen molar-refractivity contribution < 1.29 is 18.7 Å². The maximum Gasteiger partial charge on any atom is 0.262 e. The van der Waals surface area contributed by atoms with Gasteiger partial charge in [-0.3, -0.25) is 9.59 Å². The van der Waals surface area contributed by atoms with Gasteiger partial charge in [0.05, 0.1) is 5.39 Å². The molecule has 0 radical (unpaired) electrons. The van der Waals surface area contributed by atoms with Crippen LogP contribution in [-0.4, -0.2) is 12.5 Å². The molecule has 6 nitrogen and oxygen atoms in total. The number of hydrogen-bond donors (Lipinski definition) is 1. The molecule has 0 bridgehead atoms. The largest absolute Gasteiger partial charge is 0.484 e. The van der Waals surface area contributed by atoms with Gasteiger partial charge in [0.25, 0.3) is 5.91 Å². The first-order chi connectivity index (χ1) is 19.8. The fraction of sp³-hybridized carbons (Fsp3) is 0.200. The highest BCUT2D eigenvalue weighted by atomic mass is 16.5. The Morgan fingerprint density at radius 3 is 2.07 bits per heavy atom. The lowest BCUT2D eigenvalue weighted by Crippen LogP contribution is -2.22. The molecule has 0 spiro atoms. The molecular formula is C35H33NO5. The second-order valence-electron chi connectivity index (χ2n) is 10.5. The third-order valence-electron chi connectivity index (χ3n) is 6.91. The lowest BCUT2D eigenvalue weighted by Gasteiger charge is -2.20. The normalized spacial score (nSPS) is 11.2. The molecule has 0 fully saturated rings. The van der Waals surface area contributed by atoms with E-state index in [2.05, 4.69) is 33.0 Å². The van der Waals surface area contributed by atoms with Crippen LogP contribution < -0.4 is 20.2 Å². The summed E-state index contributed by atoms with van der Waals surface area (Å²) in [5.41, 5.74) is 5.21. The fourth-order valence-electron chi connectivity index (χ4n) is 4.74. The smallest absolute Gasteiger partial charge is 0.262 e. The van der Waals surface area contributed by atoms with Gasteiger partial charge in [0.1, 0.15) is 23.3 Å². The molecule has 4 aromatic carbocycles. The molecule has 208 valence electrons. The lowest BCUT2D eigenvalue weighted by molar-refractivity contribution is -0.118. The lowest BCUT2D eigenvalue weighted by atomic mass is 9.92. The van der Waals surface area contributed by atoms with E-state index in [1.807, 2.05) is 72.8 Å². The van der Waals surface area contributed by atoms with E-state index in [0.29, 0.717) is 22.5 Å². The quantitative estimate of drug-likeness (QED) is 0.200. The molecule has 41 heavy (non-hydrogen) atoms. The van der Waals surface area contributed by atoms with Crippen molar-refractivity contribution in [2.45, 2.75) is 39.5 Å². The van der Waals surface area contributed by atoms with Crippen LogP contribution in [0.3, 0.4) is 0 Å². The number of ether oxygens (including phenoxy) is 2. The summed E-state index contributed by atoms with van der Waals surface area (Å²) in [7, 11) is 0. The molecule has 5 aromatic rings. The van der Waals surface area contributed by atoms with Gasteiger partial charge in [-0.15, -0.1) is 0 Å². The van der Waals surface area contributed by atoms with Crippen molar-refractivity contribution in [1.82, 2.24) is 0 Å². The highest BCUT2D eigenvalue weighted by Gasteiger charge is 2.17. The van der Waals surface area contributed by atoms with Crippen molar-refractivity contribution >= 4 is 22.6 Å². The summed E-state index contributed by atoms with van der Waals surface area (Å²) in [4.78, 5) is 25.9. The molecule has 5 rings (SSSR count). The van der Waals surface area contributed by atoms with Gasteiger partial charge >= 0.3 is 0 Å². The predicted molar refractivity (Wildman–Crippen MR) is 163 cm³/mol. The minimum Gasteiger partial charge on any atom is -0.484 e. The fourth-order valence-corrected chi connectivity index (χ4v) is 4.74. The van der Waals surface area contributed by atoms with Gasteiger partial charge in [0.15, 0.2) is 6.61 Å². The predicted octanol–water partition coefficient (Wildman–Crippen LogP) is 8.52. The summed E-state index contributed by atoms with van der Waals surface area (Å²) in [6.45, 7) is 8.23. The van der Waals surface area contributed by atoms with Crippen LogP contribution in [0.25, 0.3) is 22.1 Å². The van der Waals surface area contributed by atoms with Gasteiger partial charge in [0, 0.05) is 11.8 Å². The van der Waals surface area contributed by atoms with E-state index in [1.54, 1.807) is 18.2 Å². The van der Waals surface area contributed by atoms with Crippen LogP contribution >= 0.6 is 0 Å². The summed E-state index contributed by atoms with van der Waals surface area (Å²) in [6, 6.07) is 28.5. The van der Waals surface area contributed by atoms with Gasteiger partial charge in [0.2, 0.25) is 11.2 Å². The molecule has 1 amide bonds. The van der Waals surface area contributed by atoms with Gasteiger partial charge in [-0.05, 0) is 58.4 Å². The maximum absolute atomic E-state index is 13.1. The summed E-state index contributed by atoms with van der Waals surface area (Å²) >= 11 is 0. The van der Waals surface area contributed by atoms with E-state index >= 15 is 0 Å². The highest BCUT2D eigenvalue weighted by Crippen LogP contribution is 2.32. The summed E-state index contributed by atoms with van der Waals surface area (Å²) in [6.07, 6.45) is 1.29. The molecule has 0 saturated heterocycles. The van der Waals surface area contributed by atoms with Crippen LogP contribution in [0.15, 0.2) is 106 Å². The van der Waals surface area contributed by atoms with E-state index in [-0.39, 0.29) is 35.5 Å². The topological polar surface area (TPSA) is 77.8 Å². The summed E-state index contributed by atoms with van der Waals surface area (Å²) in [5, 5.41) is 3.40. The molecule has 0 atom stereocenters. The Hall–Kier alpha value is -4.84. The molecule has 0 saturated carbocycles. The number of carbonyl (C=O) groups is 1. The number of amides is 1. The Morgan fingerprint density at radius 2 is 1.41 bits per heavy atom. The summed E-state index contributed by atoms with van der Waals surface area (Å²) < 4.78 is 17.3. The Balaban J connectivity index is 1.27.